The topological polar surface area (TPSA) is 102 Å². The van der Waals surface area contributed by atoms with Crippen molar-refractivity contribution in [3.8, 4) is 0 Å². The van der Waals surface area contributed by atoms with Crippen LogP contribution in [0.5, 0.6) is 0 Å². The van der Waals surface area contributed by atoms with Gasteiger partial charge in [0, 0.05) is 17.5 Å². The molecule has 0 saturated carbocycles. The second-order valence-electron chi connectivity index (χ2n) is 5.91. The molecule has 2 aromatic heterocycles. The molecule has 0 aliphatic rings. The number of fused-ring (bicyclic) bond motifs is 2. The van der Waals surface area contributed by atoms with Crippen molar-refractivity contribution in [3.63, 3.8) is 0 Å². The molecule has 2 heterocycles. The third kappa shape index (κ3) is 3.20. The van der Waals surface area contributed by atoms with Crippen molar-refractivity contribution in [1.29, 1.82) is 0 Å². The highest BCUT2D eigenvalue weighted by atomic mass is 16.2. The molecule has 8 nitrogen and oxygen atoms in total. The molecular formula is C19H16N6O2. The molecule has 2 N–H and O–H groups in total. The van der Waals surface area contributed by atoms with Crippen LogP contribution >= 0.6 is 0 Å². The number of para-hydroxylation sites is 1. The number of benzene rings is 2. The van der Waals surface area contributed by atoms with Crippen molar-refractivity contribution >= 4 is 33.8 Å². The van der Waals surface area contributed by atoms with Crippen molar-refractivity contribution < 1.29 is 9.59 Å². The van der Waals surface area contributed by atoms with Gasteiger partial charge in [-0.3, -0.25) is 20.4 Å². The number of carbonyl (C=O) groups is 2. The number of hydrogen-bond acceptors (Lipinski definition) is 5. The molecule has 0 aliphatic heterocycles. The molecule has 8 heteroatoms. The quantitative estimate of drug-likeness (QED) is 0.545. The van der Waals surface area contributed by atoms with E-state index in [0.29, 0.717) is 23.1 Å². The fraction of sp³-hybridized carbons (Fsp3) is 0.105. The van der Waals surface area contributed by atoms with Gasteiger partial charge in [0.05, 0.1) is 11.0 Å². The minimum atomic E-state index is -0.493. The summed E-state index contributed by atoms with van der Waals surface area (Å²) in [6.45, 7) is 2.65. The SMILES string of the molecule is CCn1nnc2cc(C(=O)NNC(=O)c3ccc4ccccc4n3)ccc21. The molecule has 0 spiro atoms. The van der Waals surface area contributed by atoms with Crippen molar-refractivity contribution in [2.45, 2.75) is 13.5 Å². The molecule has 0 unspecified atom stereocenters. The molecule has 0 saturated heterocycles. The smallest absolute Gasteiger partial charge is 0.267 e. The van der Waals surface area contributed by atoms with Gasteiger partial charge in [0.1, 0.15) is 11.2 Å². The summed E-state index contributed by atoms with van der Waals surface area (Å²) in [5.41, 5.74) is 7.54. The maximum Gasteiger partial charge on any atom is 0.288 e. The number of nitrogens with zero attached hydrogens (tertiary/aromatic N) is 4. The highest BCUT2D eigenvalue weighted by molar-refractivity contribution is 6.00. The summed E-state index contributed by atoms with van der Waals surface area (Å²) >= 11 is 0. The normalized spacial score (nSPS) is 10.9. The van der Waals surface area contributed by atoms with Crippen LogP contribution in [0.3, 0.4) is 0 Å². The van der Waals surface area contributed by atoms with Crippen LogP contribution in [-0.4, -0.2) is 31.8 Å². The van der Waals surface area contributed by atoms with E-state index in [4.69, 9.17) is 0 Å². The molecular weight excluding hydrogens is 344 g/mol. The predicted molar refractivity (Wildman–Crippen MR) is 99.9 cm³/mol. The molecule has 0 aliphatic carbocycles. The average Bonchev–Trinajstić information content (AvgIpc) is 3.13. The lowest BCUT2D eigenvalue weighted by molar-refractivity contribution is 0.0844. The van der Waals surface area contributed by atoms with Crippen LogP contribution in [0.2, 0.25) is 0 Å². The lowest BCUT2D eigenvalue weighted by Crippen LogP contribution is -2.41. The zero-order chi connectivity index (χ0) is 18.8. The molecule has 134 valence electrons. The summed E-state index contributed by atoms with van der Waals surface area (Å²) in [6, 6.07) is 16.0. The summed E-state index contributed by atoms with van der Waals surface area (Å²) in [5.74, 6) is -0.941. The van der Waals surface area contributed by atoms with Gasteiger partial charge in [-0.25, -0.2) is 9.67 Å². The molecule has 0 fully saturated rings. The largest absolute Gasteiger partial charge is 0.288 e. The van der Waals surface area contributed by atoms with E-state index in [0.717, 1.165) is 10.9 Å². The number of pyridine rings is 1. The fourth-order valence-electron chi connectivity index (χ4n) is 2.79. The second kappa shape index (κ2) is 6.83. The molecule has 0 radical (unpaired) electrons. The van der Waals surface area contributed by atoms with E-state index in [2.05, 4.69) is 26.1 Å². The Morgan fingerprint density at radius 3 is 2.63 bits per heavy atom. The Hall–Kier alpha value is -3.81. The van der Waals surface area contributed by atoms with E-state index in [1.807, 2.05) is 37.3 Å². The first-order chi connectivity index (χ1) is 13.2. The van der Waals surface area contributed by atoms with Crippen LogP contribution in [0, 0.1) is 0 Å². The van der Waals surface area contributed by atoms with Gasteiger partial charge < -0.3 is 0 Å². The van der Waals surface area contributed by atoms with E-state index in [1.165, 1.54) is 0 Å². The van der Waals surface area contributed by atoms with Crippen LogP contribution in [0.1, 0.15) is 27.8 Å². The van der Waals surface area contributed by atoms with Gasteiger partial charge in [-0.1, -0.05) is 29.5 Å². The van der Waals surface area contributed by atoms with Crippen LogP contribution in [0.15, 0.2) is 54.6 Å². The van der Waals surface area contributed by atoms with Crippen LogP contribution in [0.25, 0.3) is 21.9 Å². The number of aryl methyl sites for hydroxylation is 1. The zero-order valence-corrected chi connectivity index (χ0v) is 14.5. The first kappa shape index (κ1) is 16.6. The number of rotatable bonds is 3. The van der Waals surface area contributed by atoms with Gasteiger partial charge in [0.25, 0.3) is 11.8 Å². The highest BCUT2D eigenvalue weighted by Gasteiger charge is 2.12. The highest BCUT2D eigenvalue weighted by Crippen LogP contribution is 2.14. The van der Waals surface area contributed by atoms with Gasteiger partial charge in [-0.15, -0.1) is 5.10 Å². The molecule has 2 aromatic carbocycles. The standard InChI is InChI=1S/C19H16N6O2/c1-2-25-17-10-8-13(11-16(17)21-24-25)18(26)22-23-19(27)15-9-7-12-5-3-4-6-14(12)20-15/h3-11H,2H2,1H3,(H,22,26)(H,23,27). The summed E-state index contributed by atoms with van der Waals surface area (Å²) in [7, 11) is 0. The van der Waals surface area contributed by atoms with E-state index < -0.39 is 11.8 Å². The molecule has 2 amide bonds. The molecule has 27 heavy (non-hydrogen) atoms. The Kier molecular flexibility index (Phi) is 4.21. The molecule has 0 atom stereocenters. The van der Waals surface area contributed by atoms with Crippen molar-refractivity contribution in [1.82, 2.24) is 30.8 Å². The first-order valence-corrected chi connectivity index (χ1v) is 8.45. The Labute approximate surface area is 154 Å². The van der Waals surface area contributed by atoms with E-state index in [9.17, 15) is 9.59 Å². The fourth-order valence-corrected chi connectivity index (χ4v) is 2.79. The van der Waals surface area contributed by atoms with E-state index in [1.54, 1.807) is 28.9 Å². The third-order valence-electron chi connectivity index (χ3n) is 4.20. The Bertz CT molecular complexity index is 1170. The Morgan fingerprint density at radius 1 is 0.963 bits per heavy atom. The lowest BCUT2D eigenvalue weighted by atomic mass is 10.2. The zero-order valence-electron chi connectivity index (χ0n) is 14.5. The van der Waals surface area contributed by atoms with Crippen LogP contribution < -0.4 is 10.9 Å². The number of aromatic nitrogens is 4. The van der Waals surface area contributed by atoms with Gasteiger partial charge in [-0.05, 0) is 37.3 Å². The summed E-state index contributed by atoms with van der Waals surface area (Å²) < 4.78 is 1.74. The van der Waals surface area contributed by atoms with Crippen LogP contribution in [0.4, 0.5) is 0 Å². The summed E-state index contributed by atoms with van der Waals surface area (Å²) in [6.07, 6.45) is 0. The Balaban J connectivity index is 1.47. The maximum absolute atomic E-state index is 12.3. The average molecular weight is 360 g/mol. The Morgan fingerprint density at radius 2 is 1.78 bits per heavy atom. The van der Waals surface area contributed by atoms with E-state index >= 15 is 0 Å². The van der Waals surface area contributed by atoms with Crippen molar-refractivity contribution in [3.05, 3.63) is 65.9 Å². The minimum Gasteiger partial charge on any atom is -0.267 e. The number of carbonyl (C=O) groups excluding carboxylic acids is 2. The number of nitrogens with one attached hydrogen (secondary N) is 2. The molecule has 0 bridgehead atoms. The summed E-state index contributed by atoms with van der Waals surface area (Å²) in [5, 5.41) is 8.99. The van der Waals surface area contributed by atoms with Gasteiger partial charge in [-0.2, -0.15) is 0 Å². The third-order valence-corrected chi connectivity index (χ3v) is 4.20. The lowest BCUT2D eigenvalue weighted by Gasteiger charge is -2.08. The monoisotopic (exact) mass is 360 g/mol. The molecule has 4 aromatic rings. The van der Waals surface area contributed by atoms with Gasteiger partial charge in [0.15, 0.2) is 0 Å². The number of amides is 2. The number of hydrazine groups is 1. The molecule has 4 rings (SSSR count). The van der Waals surface area contributed by atoms with E-state index in [-0.39, 0.29) is 5.69 Å². The predicted octanol–water partition coefficient (Wildman–Crippen LogP) is 2.07. The number of hydrogen-bond donors (Lipinski definition) is 2. The summed E-state index contributed by atoms with van der Waals surface area (Å²) in [4.78, 5) is 28.9. The minimum absolute atomic E-state index is 0.218. The second-order valence-corrected chi connectivity index (χ2v) is 5.91. The first-order valence-electron chi connectivity index (χ1n) is 8.45. The van der Waals surface area contributed by atoms with Gasteiger partial charge in [0.2, 0.25) is 0 Å². The van der Waals surface area contributed by atoms with Crippen molar-refractivity contribution in [2.24, 2.45) is 0 Å². The van der Waals surface area contributed by atoms with Crippen molar-refractivity contribution in [2.75, 3.05) is 0 Å². The van der Waals surface area contributed by atoms with Crippen LogP contribution in [-0.2, 0) is 6.54 Å². The van der Waals surface area contributed by atoms with Gasteiger partial charge >= 0.3 is 0 Å². The maximum atomic E-state index is 12.3.